The van der Waals surface area contributed by atoms with E-state index in [2.05, 4.69) is 14.9 Å². The average molecular weight is 415 g/mol. The molecular formula is C23H21N5O3. The van der Waals surface area contributed by atoms with Gasteiger partial charge in [0.1, 0.15) is 11.5 Å². The number of carbonyl (C=O) groups excluding carboxylic acids is 2. The first-order valence-corrected chi connectivity index (χ1v) is 10.2. The monoisotopic (exact) mass is 415 g/mol. The lowest BCUT2D eigenvalue weighted by Gasteiger charge is -2.36. The molecule has 0 unspecified atom stereocenters. The van der Waals surface area contributed by atoms with Gasteiger partial charge in [0.05, 0.1) is 18.4 Å². The van der Waals surface area contributed by atoms with Crippen molar-refractivity contribution in [2.45, 2.75) is 6.54 Å². The largest absolute Gasteiger partial charge is 0.467 e. The van der Waals surface area contributed by atoms with Crippen LogP contribution in [0.25, 0.3) is 5.57 Å². The van der Waals surface area contributed by atoms with Gasteiger partial charge in [-0.25, -0.2) is 9.97 Å². The summed E-state index contributed by atoms with van der Waals surface area (Å²) in [5, 5.41) is 0. The van der Waals surface area contributed by atoms with Crippen LogP contribution in [0.3, 0.4) is 0 Å². The van der Waals surface area contributed by atoms with E-state index in [0.717, 1.165) is 5.56 Å². The first kappa shape index (κ1) is 19.0. The van der Waals surface area contributed by atoms with Crippen LogP contribution in [0.2, 0.25) is 0 Å². The van der Waals surface area contributed by atoms with Crippen molar-refractivity contribution in [2.75, 3.05) is 31.1 Å². The molecular weight excluding hydrogens is 394 g/mol. The van der Waals surface area contributed by atoms with E-state index < -0.39 is 0 Å². The number of aromatic nitrogens is 2. The van der Waals surface area contributed by atoms with E-state index in [0.29, 0.717) is 49.2 Å². The van der Waals surface area contributed by atoms with Crippen molar-refractivity contribution in [3.63, 3.8) is 0 Å². The first-order chi connectivity index (χ1) is 15.2. The molecule has 2 aliphatic heterocycles. The molecule has 8 nitrogen and oxygen atoms in total. The molecule has 4 heterocycles. The van der Waals surface area contributed by atoms with Crippen molar-refractivity contribution in [1.82, 2.24) is 19.8 Å². The average Bonchev–Trinajstić information content (AvgIpc) is 3.43. The van der Waals surface area contributed by atoms with Crippen LogP contribution < -0.4 is 4.90 Å². The van der Waals surface area contributed by atoms with Crippen molar-refractivity contribution < 1.29 is 14.0 Å². The molecule has 0 bridgehead atoms. The molecule has 0 spiro atoms. The summed E-state index contributed by atoms with van der Waals surface area (Å²) in [7, 11) is 0. The third kappa shape index (κ3) is 3.56. The van der Waals surface area contributed by atoms with Crippen molar-refractivity contribution in [1.29, 1.82) is 0 Å². The van der Waals surface area contributed by atoms with E-state index in [1.807, 2.05) is 35.2 Å². The zero-order valence-electron chi connectivity index (χ0n) is 16.8. The molecule has 2 aromatic heterocycles. The van der Waals surface area contributed by atoms with Crippen LogP contribution in [0, 0.1) is 0 Å². The van der Waals surface area contributed by atoms with Crippen molar-refractivity contribution in [3.05, 3.63) is 84.2 Å². The predicted molar refractivity (Wildman–Crippen MR) is 113 cm³/mol. The van der Waals surface area contributed by atoms with Crippen molar-refractivity contribution in [2.24, 2.45) is 0 Å². The third-order valence-corrected chi connectivity index (χ3v) is 5.53. The highest BCUT2D eigenvalue weighted by Crippen LogP contribution is 2.33. The number of nitrogens with zero attached hydrogens (tertiary/aromatic N) is 5. The van der Waals surface area contributed by atoms with Crippen LogP contribution in [0.1, 0.15) is 11.3 Å². The summed E-state index contributed by atoms with van der Waals surface area (Å²) in [6.07, 6.45) is 4.98. The smallest absolute Gasteiger partial charge is 0.278 e. The Morgan fingerprint density at radius 3 is 2.19 bits per heavy atom. The molecule has 0 N–H and O–H groups in total. The van der Waals surface area contributed by atoms with E-state index >= 15 is 0 Å². The molecule has 2 aliphatic rings. The SMILES string of the molecule is O=C1C(c2ccccc2)=C(N2CCN(c3ncccn3)CC2)C(=O)N1Cc1ccco1. The first-order valence-electron chi connectivity index (χ1n) is 10.2. The number of anilines is 1. The van der Waals surface area contributed by atoms with Gasteiger partial charge in [-0.1, -0.05) is 30.3 Å². The van der Waals surface area contributed by atoms with Gasteiger partial charge in [0.15, 0.2) is 0 Å². The summed E-state index contributed by atoms with van der Waals surface area (Å²) in [5.41, 5.74) is 1.64. The zero-order valence-corrected chi connectivity index (χ0v) is 16.8. The van der Waals surface area contributed by atoms with Crippen molar-refractivity contribution in [3.8, 4) is 0 Å². The second-order valence-corrected chi connectivity index (χ2v) is 7.39. The van der Waals surface area contributed by atoms with Crippen LogP contribution in [0.4, 0.5) is 5.95 Å². The topological polar surface area (TPSA) is 82.8 Å². The number of rotatable bonds is 5. The molecule has 1 aromatic carbocycles. The number of furan rings is 1. The Bertz CT molecular complexity index is 1100. The molecule has 1 saturated heterocycles. The second kappa shape index (κ2) is 8.06. The molecule has 0 aliphatic carbocycles. The van der Waals surface area contributed by atoms with Gasteiger partial charge >= 0.3 is 0 Å². The number of amides is 2. The molecule has 0 saturated carbocycles. The standard InChI is InChI=1S/C23H21N5O3/c29-21-19(17-6-2-1-3-7-17)20(22(30)28(21)16-18-8-4-15-31-18)26-11-13-27(14-12-26)23-24-9-5-10-25-23/h1-10,15H,11-14,16H2. The van der Waals surface area contributed by atoms with Crippen LogP contribution in [-0.4, -0.2) is 57.8 Å². The summed E-state index contributed by atoms with van der Waals surface area (Å²) in [6, 6.07) is 14.7. The molecule has 5 rings (SSSR count). The molecule has 0 atom stereocenters. The fourth-order valence-corrected chi connectivity index (χ4v) is 4.01. The van der Waals surface area contributed by atoms with Crippen molar-refractivity contribution >= 4 is 23.3 Å². The molecule has 0 radical (unpaired) electrons. The van der Waals surface area contributed by atoms with Crippen LogP contribution in [-0.2, 0) is 16.1 Å². The third-order valence-electron chi connectivity index (χ3n) is 5.53. The zero-order chi connectivity index (χ0) is 21.2. The molecule has 8 heteroatoms. The number of hydrogen-bond donors (Lipinski definition) is 0. The van der Waals surface area contributed by atoms with Crippen LogP contribution in [0.5, 0.6) is 0 Å². The summed E-state index contributed by atoms with van der Waals surface area (Å²) in [5.74, 6) is 0.662. The molecule has 31 heavy (non-hydrogen) atoms. The predicted octanol–water partition coefficient (Wildman–Crippen LogP) is 2.17. The molecule has 3 aromatic rings. The lowest BCUT2D eigenvalue weighted by molar-refractivity contribution is -0.138. The fraction of sp³-hybridized carbons (Fsp3) is 0.217. The van der Waals surface area contributed by atoms with E-state index in [1.54, 1.807) is 30.6 Å². The van der Waals surface area contributed by atoms with Gasteiger partial charge < -0.3 is 14.2 Å². The van der Waals surface area contributed by atoms with Gasteiger partial charge in [-0.2, -0.15) is 0 Å². The minimum Gasteiger partial charge on any atom is -0.467 e. The number of imide groups is 1. The van der Waals surface area contributed by atoms with Crippen LogP contribution >= 0.6 is 0 Å². The Kier molecular flexibility index (Phi) is 4.95. The summed E-state index contributed by atoms with van der Waals surface area (Å²) in [4.78, 5) is 40.7. The second-order valence-electron chi connectivity index (χ2n) is 7.39. The Morgan fingerprint density at radius 1 is 0.806 bits per heavy atom. The van der Waals surface area contributed by atoms with Crippen LogP contribution in [0.15, 0.2) is 77.3 Å². The van der Waals surface area contributed by atoms with Gasteiger partial charge in [0, 0.05) is 38.6 Å². The highest BCUT2D eigenvalue weighted by molar-refractivity contribution is 6.35. The highest BCUT2D eigenvalue weighted by atomic mass is 16.3. The Hall–Kier alpha value is -3.94. The van der Waals surface area contributed by atoms with Gasteiger partial charge in [-0.05, 0) is 23.8 Å². The minimum atomic E-state index is -0.295. The van der Waals surface area contributed by atoms with E-state index in [-0.39, 0.29) is 18.4 Å². The Morgan fingerprint density at radius 2 is 1.52 bits per heavy atom. The number of carbonyl (C=O) groups is 2. The maximum absolute atomic E-state index is 13.4. The number of hydrogen-bond acceptors (Lipinski definition) is 7. The molecule has 2 amide bonds. The van der Waals surface area contributed by atoms with E-state index in [9.17, 15) is 9.59 Å². The highest BCUT2D eigenvalue weighted by Gasteiger charge is 2.42. The summed E-state index contributed by atoms with van der Waals surface area (Å²) >= 11 is 0. The Balaban J connectivity index is 1.44. The lowest BCUT2D eigenvalue weighted by Crippen LogP contribution is -2.48. The van der Waals surface area contributed by atoms with Gasteiger partial charge in [-0.3, -0.25) is 14.5 Å². The Labute approximate surface area is 179 Å². The van der Waals surface area contributed by atoms with Gasteiger partial charge in [0.2, 0.25) is 5.95 Å². The maximum Gasteiger partial charge on any atom is 0.278 e. The minimum absolute atomic E-state index is 0.113. The summed E-state index contributed by atoms with van der Waals surface area (Å²) in [6.45, 7) is 2.63. The molecule has 156 valence electrons. The number of piperazine rings is 1. The van der Waals surface area contributed by atoms with Gasteiger partial charge in [-0.15, -0.1) is 0 Å². The van der Waals surface area contributed by atoms with Gasteiger partial charge in [0.25, 0.3) is 11.8 Å². The quantitative estimate of drug-likeness (QED) is 0.591. The summed E-state index contributed by atoms with van der Waals surface area (Å²) < 4.78 is 5.38. The normalized spacial score (nSPS) is 17.1. The van der Waals surface area contributed by atoms with E-state index in [4.69, 9.17) is 4.42 Å². The maximum atomic E-state index is 13.4. The molecule has 1 fully saturated rings. The number of benzene rings is 1. The van der Waals surface area contributed by atoms with E-state index in [1.165, 1.54) is 11.2 Å². The lowest BCUT2D eigenvalue weighted by atomic mass is 10.0. The fourth-order valence-electron chi connectivity index (χ4n) is 4.01.